The minimum Gasteiger partial charge on any atom is -0.314 e. The summed E-state index contributed by atoms with van der Waals surface area (Å²) in [5, 5.41) is 0.0670. The maximum atomic E-state index is 11.6. The monoisotopic (exact) mass is 208 g/mol. The van der Waals surface area contributed by atoms with E-state index in [1.165, 1.54) is 22.8 Å². The standard InChI is InChI=1S/C6H9O2PS2/c1-3-6-5-10-9(7,11-6)8-4-2/h1,6H,4-5H2,2H3. The Balaban J connectivity index is 2.53. The Labute approximate surface area is 74.8 Å². The second-order valence-corrected chi connectivity index (χ2v) is 9.43. The fraction of sp³-hybridized carbons (Fsp3) is 0.667. The third kappa shape index (κ3) is 2.45. The van der Waals surface area contributed by atoms with Gasteiger partial charge in [-0.3, -0.25) is 4.57 Å². The Morgan fingerprint density at radius 2 is 2.64 bits per heavy atom. The number of terminal acetylenes is 1. The van der Waals surface area contributed by atoms with Gasteiger partial charge >= 0.3 is 5.77 Å². The summed E-state index contributed by atoms with van der Waals surface area (Å²) in [5.41, 5.74) is 0. The molecule has 0 bridgehead atoms. The molecule has 11 heavy (non-hydrogen) atoms. The zero-order chi connectivity index (χ0) is 8.32. The molecule has 1 aliphatic rings. The lowest BCUT2D eigenvalue weighted by Gasteiger charge is -2.06. The Morgan fingerprint density at radius 3 is 3.09 bits per heavy atom. The van der Waals surface area contributed by atoms with Crippen molar-refractivity contribution in [2.24, 2.45) is 0 Å². The van der Waals surface area contributed by atoms with Crippen molar-refractivity contribution in [3.63, 3.8) is 0 Å². The molecule has 0 spiro atoms. The smallest absolute Gasteiger partial charge is 0.314 e. The fourth-order valence-corrected chi connectivity index (χ4v) is 8.64. The lowest BCUT2D eigenvalue weighted by Crippen LogP contribution is -1.93. The lowest BCUT2D eigenvalue weighted by molar-refractivity contribution is 0.358. The Morgan fingerprint density at radius 1 is 1.91 bits per heavy atom. The van der Waals surface area contributed by atoms with Crippen LogP contribution in [-0.4, -0.2) is 17.6 Å². The van der Waals surface area contributed by atoms with Gasteiger partial charge in [-0.15, -0.1) is 6.42 Å². The van der Waals surface area contributed by atoms with Crippen LogP contribution in [0.3, 0.4) is 0 Å². The first-order valence-corrected chi connectivity index (χ1v) is 7.94. The molecule has 0 aromatic rings. The summed E-state index contributed by atoms with van der Waals surface area (Å²) in [6.45, 7) is 2.33. The van der Waals surface area contributed by atoms with Gasteiger partial charge in [0.05, 0.1) is 11.9 Å². The number of hydrogen-bond acceptors (Lipinski definition) is 4. The molecule has 5 heteroatoms. The fourth-order valence-electron chi connectivity index (χ4n) is 0.680. The summed E-state index contributed by atoms with van der Waals surface area (Å²) in [4.78, 5) is 0. The molecule has 0 N–H and O–H groups in total. The van der Waals surface area contributed by atoms with Crippen molar-refractivity contribution in [1.29, 1.82) is 0 Å². The molecule has 0 saturated carbocycles. The van der Waals surface area contributed by atoms with Crippen LogP contribution in [0.25, 0.3) is 0 Å². The zero-order valence-electron chi connectivity index (χ0n) is 6.15. The van der Waals surface area contributed by atoms with Crippen molar-refractivity contribution in [3.8, 4) is 12.3 Å². The Hall–Kier alpha value is 0.450. The van der Waals surface area contributed by atoms with E-state index in [-0.39, 0.29) is 5.25 Å². The molecule has 1 rings (SSSR count). The van der Waals surface area contributed by atoms with E-state index in [4.69, 9.17) is 10.9 Å². The van der Waals surface area contributed by atoms with Crippen molar-refractivity contribution in [3.05, 3.63) is 0 Å². The SMILES string of the molecule is C#CC1CSP(=O)(OCC)S1. The van der Waals surface area contributed by atoms with Gasteiger partial charge in [0.1, 0.15) is 0 Å². The molecule has 0 amide bonds. The van der Waals surface area contributed by atoms with Crippen LogP contribution < -0.4 is 0 Å². The second-order valence-electron chi connectivity index (χ2n) is 1.92. The normalized spacial score (nSPS) is 36.9. The average molecular weight is 208 g/mol. The maximum Gasteiger partial charge on any atom is 0.314 e. The number of rotatable bonds is 2. The Kier molecular flexibility index (Phi) is 3.39. The second kappa shape index (κ2) is 3.91. The molecular weight excluding hydrogens is 199 g/mol. The average Bonchev–Trinajstić information content (AvgIpc) is 2.33. The molecule has 1 saturated heterocycles. The van der Waals surface area contributed by atoms with Gasteiger partial charge < -0.3 is 4.52 Å². The molecule has 2 nitrogen and oxygen atoms in total. The predicted octanol–water partition coefficient (Wildman–Crippen LogP) is 2.61. The van der Waals surface area contributed by atoms with Gasteiger partial charge in [0.25, 0.3) is 0 Å². The van der Waals surface area contributed by atoms with Crippen LogP contribution in [0.15, 0.2) is 0 Å². The van der Waals surface area contributed by atoms with Gasteiger partial charge in [-0.25, -0.2) is 0 Å². The topological polar surface area (TPSA) is 26.3 Å². The summed E-state index contributed by atoms with van der Waals surface area (Å²) in [7, 11) is 0. The highest BCUT2D eigenvalue weighted by atomic mass is 33.1. The van der Waals surface area contributed by atoms with E-state index in [2.05, 4.69) is 5.92 Å². The van der Waals surface area contributed by atoms with Gasteiger partial charge in [-0.05, 0) is 18.3 Å². The summed E-state index contributed by atoms with van der Waals surface area (Å²) in [6.07, 6.45) is 5.19. The highest BCUT2D eigenvalue weighted by Crippen LogP contribution is 2.76. The van der Waals surface area contributed by atoms with Crippen molar-refractivity contribution in [1.82, 2.24) is 0 Å². The first kappa shape index (κ1) is 9.54. The summed E-state index contributed by atoms with van der Waals surface area (Å²) < 4.78 is 16.7. The maximum absolute atomic E-state index is 11.6. The molecule has 2 unspecified atom stereocenters. The van der Waals surface area contributed by atoms with Gasteiger partial charge in [-0.1, -0.05) is 17.3 Å². The first-order valence-electron chi connectivity index (χ1n) is 3.24. The van der Waals surface area contributed by atoms with E-state index in [9.17, 15) is 4.57 Å². The molecule has 62 valence electrons. The summed E-state index contributed by atoms with van der Waals surface area (Å²) >= 11 is 2.65. The molecule has 2 atom stereocenters. The third-order valence-corrected chi connectivity index (χ3v) is 8.80. The van der Waals surface area contributed by atoms with Gasteiger partial charge in [0.15, 0.2) is 0 Å². The van der Waals surface area contributed by atoms with Crippen LogP contribution in [0.1, 0.15) is 6.92 Å². The molecule has 0 radical (unpaired) electrons. The van der Waals surface area contributed by atoms with Crippen LogP contribution in [-0.2, 0) is 9.09 Å². The van der Waals surface area contributed by atoms with Crippen molar-refractivity contribution in [2.45, 2.75) is 12.2 Å². The summed E-state index contributed by atoms with van der Waals surface area (Å²) in [6, 6.07) is 0. The highest BCUT2D eigenvalue weighted by Gasteiger charge is 2.36. The van der Waals surface area contributed by atoms with Crippen LogP contribution in [0.5, 0.6) is 0 Å². The Bertz CT molecular complexity index is 223. The van der Waals surface area contributed by atoms with Gasteiger partial charge in [0.2, 0.25) is 0 Å². The first-order chi connectivity index (χ1) is 5.20. The van der Waals surface area contributed by atoms with E-state index < -0.39 is 5.77 Å². The minimum atomic E-state index is -2.45. The zero-order valence-corrected chi connectivity index (χ0v) is 8.68. The summed E-state index contributed by atoms with van der Waals surface area (Å²) in [5.74, 6) is 0.864. The van der Waals surface area contributed by atoms with Gasteiger partial charge in [0, 0.05) is 5.75 Å². The highest BCUT2D eigenvalue weighted by molar-refractivity contribution is 8.91. The third-order valence-electron chi connectivity index (χ3n) is 1.11. The molecule has 0 aromatic heterocycles. The van der Waals surface area contributed by atoms with E-state index >= 15 is 0 Å². The van der Waals surface area contributed by atoms with Crippen molar-refractivity contribution < 1.29 is 9.09 Å². The van der Waals surface area contributed by atoms with Crippen LogP contribution in [0, 0.1) is 12.3 Å². The van der Waals surface area contributed by atoms with E-state index in [0.29, 0.717) is 6.61 Å². The molecule has 0 aliphatic carbocycles. The van der Waals surface area contributed by atoms with E-state index in [0.717, 1.165) is 5.75 Å². The predicted molar refractivity (Wildman–Crippen MR) is 51.9 cm³/mol. The van der Waals surface area contributed by atoms with E-state index in [1.54, 1.807) is 0 Å². The van der Waals surface area contributed by atoms with Crippen LogP contribution >= 0.6 is 28.5 Å². The quantitative estimate of drug-likeness (QED) is 0.514. The molecule has 1 aliphatic heterocycles. The number of hydrogen-bond donors (Lipinski definition) is 0. The largest absolute Gasteiger partial charge is 0.314 e. The van der Waals surface area contributed by atoms with Gasteiger partial charge in [-0.2, -0.15) is 0 Å². The van der Waals surface area contributed by atoms with Crippen LogP contribution in [0.4, 0.5) is 0 Å². The molecule has 0 aromatic carbocycles. The van der Waals surface area contributed by atoms with Crippen molar-refractivity contribution in [2.75, 3.05) is 12.4 Å². The molecule has 1 heterocycles. The molecule has 1 fully saturated rings. The molecular formula is C6H9O2PS2. The van der Waals surface area contributed by atoms with Crippen LogP contribution in [0.2, 0.25) is 0 Å². The lowest BCUT2D eigenvalue weighted by atomic mass is 10.5. The van der Waals surface area contributed by atoms with E-state index in [1.807, 2.05) is 6.92 Å². The van der Waals surface area contributed by atoms with Crippen molar-refractivity contribution >= 4 is 28.5 Å². The minimum absolute atomic E-state index is 0.0670.